The summed E-state index contributed by atoms with van der Waals surface area (Å²) in [4.78, 5) is 4.27. The Labute approximate surface area is 104 Å². The highest BCUT2D eigenvalue weighted by molar-refractivity contribution is 9.10. The summed E-state index contributed by atoms with van der Waals surface area (Å²) < 4.78 is 6.20. The highest BCUT2D eigenvalue weighted by atomic mass is 79.9. The SMILES string of the molecule is Cc1noc(-c2ccc(Br)cn2)c1CBr. The number of hydrogen-bond acceptors (Lipinski definition) is 3. The summed E-state index contributed by atoms with van der Waals surface area (Å²) in [6.45, 7) is 1.92. The van der Waals surface area contributed by atoms with Gasteiger partial charge in [-0.1, -0.05) is 21.1 Å². The van der Waals surface area contributed by atoms with Gasteiger partial charge in [-0.25, -0.2) is 0 Å². The van der Waals surface area contributed by atoms with E-state index in [4.69, 9.17) is 4.52 Å². The van der Waals surface area contributed by atoms with E-state index in [2.05, 4.69) is 42.0 Å². The van der Waals surface area contributed by atoms with Gasteiger partial charge < -0.3 is 4.52 Å². The molecule has 2 heterocycles. The third kappa shape index (κ3) is 2.13. The van der Waals surface area contributed by atoms with E-state index >= 15 is 0 Å². The van der Waals surface area contributed by atoms with Gasteiger partial charge >= 0.3 is 0 Å². The third-order valence-electron chi connectivity index (χ3n) is 2.08. The number of aromatic nitrogens is 2. The standard InChI is InChI=1S/C10H8Br2N2O/c1-6-8(4-11)10(15-14-6)9-3-2-7(12)5-13-9/h2-3,5H,4H2,1H3. The van der Waals surface area contributed by atoms with Crippen LogP contribution in [-0.2, 0) is 5.33 Å². The molecule has 0 N–H and O–H groups in total. The number of pyridine rings is 1. The Bertz CT molecular complexity index is 465. The van der Waals surface area contributed by atoms with Gasteiger partial charge in [0.25, 0.3) is 0 Å². The molecular weight excluding hydrogens is 324 g/mol. The predicted molar refractivity (Wildman–Crippen MR) is 64.8 cm³/mol. The fourth-order valence-electron chi connectivity index (χ4n) is 1.26. The van der Waals surface area contributed by atoms with Crippen LogP contribution in [0.5, 0.6) is 0 Å². The van der Waals surface area contributed by atoms with Gasteiger partial charge in [-0.2, -0.15) is 0 Å². The Morgan fingerprint density at radius 3 is 2.80 bits per heavy atom. The van der Waals surface area contributed by atoms with Crippen LogP contribution in [0, 0.1) is 6.92 Å². The Hall–Kier alpha value is -0.680. The fourth-order valence-corrected chi connectivity index (χ4v) is 2.15. The van der Waals surface area contributed by atoms with Crippen molar-refractivity contribution in [3.8, 4) is 11.5 Å². The molecule has 0 aliphatic rings. The van der Waals surface area contributed by atoms with Crippen LogP contribution >= 0.6 is 31.9 Å². The average Bonchev–Trinajstić information content (AvgIpc) is 2.61. The predicted octanol–water partition coefficient (Wildman–Crippen LogP) is 3.70. The lowest BCUT2D eigenvalue weighted by Crippen LogP contribution is -1.86. The van der Waals surface area contributed by atoms with E-state index in [1.807, 2.05) is 19.1 Å². The number of aryl methyl sites for hydroxylation is 1. The first-order valence-corrected chi connectivity index (χ1v) is 6.27. The highest BCUT2D eigenvalue weighted by Gasteiger charge is 2.14. The van der Waals surface area contributed by atoms with E-state index in [1.165, 1.54) is 0 Å². The molecule has 0 amide bonds. The van der Waals surface area contributed by atoms with Crippen molar-refractivity contribution >= 4 is 31.9 Å². The summed E-state index contributed by atoms with van der Waals surface area (Å²) in [6, 6.07) is 3.83. The summed E-state index contributed by atoms with van der Waals surface area (Å²) >= 11 is 6.75. The van der Waals surface area contributed by atoms with Crippen molar-refractivity contribution in [1.82, 2.24) is 10.1 Å². The van der Waals surface area contributed by atoms with Crippen LogP contribution in [0.3, 0.4) is 0 Å². The summed E-state index contributed by atoms with van der Waals surface area (Å²) in [7, 11) is 0. The van der Waals surface area contributed by atoms with Crippen LogP contribution in [0.25, 0.3) is 11.5 Å². The lowest BCUT2D eigenvalue weighted by Gasteiger charge is -1.97. The first-order valence-electron chi connectivity index (χ1n) is 4.35. The molecule has 2 aromatic rings. The fraction of sp³-hybridized carbons (Fsp3) is 0.200. The lowest BCUT2D eigenvalue weighted by atomic mass is 10.2. The molecular formula is C10H8Br2N2O. The zero-order valence-corrected chi connectivity index (χ0v) is 11.2. The molecule has 5 heteroatoms. The Morgan fingerprint density at radius 1 is 1.40 bits per heavy atom. The zero-order chi connectivity index (χ0) is 10.8. The van der Waals surface area contributed by atoms with E-state index in [9.17, 15) is 0 Å². The molecule has 78 valence electrons. The van der Waals surface area contributed by atoms with Crippen molar-refractivity contribution in [1.29, 1.82) is 0 Å². The summed E-state index contributed by atoms with van der Waals surface area (Å²) in [5.74, 6) is 0.733. The van der Waals surface area contributed by atoms with Crippen molar-refractivity contribution in [2.45, 2.75) is 12.3 Å². The van der Waals surface area contributed by atoms with E-state index in [-0.39, 0.29) is 0 Å². The monoisotopic (exact) mass is 330 g/mol. The summed E-state index contributed by atoms with van der Waals surface area (Å²) in [6.07, 6.45) is 1.74. The first-order chi connectivity index (χ1) is 7.22. The second kappa shape index (κ2) is 4.45. The Balaban J connectivity index is 2.49. The molecule has 0 aliphatic carbocycles. The van der Waals surface area contributed by atoms with Crippen LogP contribution < -0.4 is 0 Å². The van der Waals surface area contributed by atoms with Crippen LogP contribution in [0.2, 0.25) is 0 Å². The van der Waals surface area contributed by atoms with Crippen molar-refractivity contribution in [3.05, 3.63) is 34.1 Å². The molecule has 0 bridgehead atoms. The topological polar surface area (TPSA) is 38.9 Å². The normalized spacial score (nSPS) is 10.6. The molecule has 2 aromatic heterocycles. The Morgan fingerprint density at radius 2 is 2.20 bits per heavy atom. The molecule has 0 spiro atoms. The molecule has 0 aliphatic heterocycles. The number of halogens is 2. The van der Waals surface area contributed by atoms with Gasteiger partial charge in [0, 0.05) is 21.6 Å². The average molecular weight is 332 g/mol. The molecule has 0 saturated heterocycles. The Kier molecular flexibility index (Phi) is 3.21. The lowest BCUT2D eigenvalue weighted by molar-refractivity contribution is 0.425. The van der Waals surface area contributed by atoms with Crippen molar-refractivity contribution in [2.75, 3.05) is 0 Å². The number of rotatable bonds is 2. The minimum Gasteiger partial charge on any atom is -0.354 e. The van der Waals surface area contributed by atoms with Gasteiger partial charge in [-0.05, 0) is 35.0 Å². The number of nitrogens with zero attached hydrogens (tertiary/aromatic N) is 2. The molecule has 3 nitrogen and oxygen atoms in total. The molecule has 0 atom stereocenters. The second-order valence-electron chi connectivity index (χ2n) is 3.07. The maximum absolute atomic E-state index is 5.25. The first kappa shape index (κ1) is 10.8. The van der Waals surface area contributed by atoms with E-state index in [0.29, 0.717) is 0 Å². The van der Waals surface area contributed by atoms with E-state index in [1.54, 1.807) is 6.20 Å². The van der Waals surface area contributed by atoms with Crippen molar-refractivity contribution in [2.24, 2.45) is 0 Å². The van der Waals surface area contributed by atoms with Crippen LogP contribution in [-0.4, -0.2) is 10.1 Å². The molecule has 0 unspecified atom stereocenters. The maximum Gasteiger partial charge on any atom is 0.189 e. The molecule has 0 saturated carbocycles. The van der Waals surface area contributed by atoms with Crippen LogP contribution in [0.1, 0.15) is 11.3 Å². The van der Waals surface area contributed by atoms with Gasteiger partial charge in [0.15, 0.2) is 5.76 Å². The van der Waals surface area contributed by atoms with Crippen molar-refractivity contribution in [3.63, 3.8) is 0 Å². The maximum atomic E-state index is 5.25. The van der Waals surface area contributed by atoms with Gasteiger partial charge in [0.2, 0.25) is 0 Å². The molecule has 15 heavy (non-hydrogen) atoms. The van der Waals surface area contributed by atoms with E-state index < -0.39 is 0 Å². The van der Waals surface area contributed by atoms with Crippen LogP contribution in [0.15, 0.2) is 27.3 Å². The summed E-state index contributed by atoms with van der Waals surface area (Å²) in [5, 5.41) is 4.65. The molecule has 2 rings (SSSR count). The second-order valence-corrected chi connectivity index (χ2v) is 4.55. The van der Waals surface area contributed by atoms with Gasteiger partial charge in [0.05, 0.1) is 5.69 Å². The number of hydrogen-bond donors (Lipinski definition) is 0. The minimum atomic E-state index is 0.718. The quantitative estimate of drug-likeness (QED) is 0.787. The number of alkyl halides is 1. The minimum absolute atomic E-state index is 0.718. The van der Waals surface area contributed by atoms with Crippen molar-refractivity contribution < 1.29 is 4.52 Å². The molecule has 0 radical (unpaired) electrons. The zero-order valence-electron chi connectivity index (χ0n) is 8.00. The van der Waals surface area contributed by atoms with Gasteiger partial charge in [-0.3, -0.25) is 4.98 Å². The largest absolute Gasteiger partial charge is 0.354 e. The third-order valence-corrected chi connectivity index (χ3v) is 3.11. The van der Waals surface area contributed by atoms with Gasteiger partial charge in [-0.15, -0.1) is 0 Å². The summed E-state index contributed by atoms with van der Waals surface area (Å²) in [5.41, 5.74) is 2.74. The smallest absolute Gasteiger partial charge is 0.189 e. The van der Waals surface area contributed by atoms with Crippen LogP contribution in [0.4, 0.5) is 0 Å². The van der Waals surface area contributed by atoms with E-state index in [0.717, 1.165) is 32.5 Å². The molecule has 0 fully saturated rings. The van der Waals surface area contributed by atoms with Gasteiger partial charge in [0.1, 0.15) is 5.69 Å². The molecule has 0 aromatic carbocycles. The highest BCUT2D eigenvalue weighted by Crippen LogP contribution is 2.26.